The SMILES string of the molecule is O=C(O)CC1CCN(CC2COC2)CC1. The van der Waals surface area contributed by atoms with Crippen LogP contribution in [0.1, 0.15) is 19.3 Å². The minimum absolute atomic E-state index is 0.348. The fourth-order valence-electron chi connectivity index (χ4n) is 2.38. The van der Waals surface area contributed by atoms with E-state index in [4.69, 9.17) is 9.84 Å². The number of likely N-dealkylation sites (tertiary alicyclic amines) is 1. The summed E-state index contributed by atoms with van der Waals surface area (Å²) in [5, 5.41) is 8.69. The smallest absolute Gasteiger partial charge is 0.303 e. The van der Waals surface area contributed by atoms with Crippen molar-refractivity contribution in [3.05, 3.63) is 0 Å². The van der Waals surface area contributed by atoms with Gasteiger partial charge in [0.25, 0.3) is 0 Å². The third kappa shape index (κ3) is 3.18. The summed E-state index contributed by atoms with van der Waals surface area (Å²) in [4.78, 5) is 13.0. The average Bonchev–Trinajstić information content (AvgIpc) is 2.13. The van der Waals surface area contributed by atoms with Gasteiger partial charge in [-0.3, -0.25) is 4.79 Å². The van der Waals surface area contributed by atoms with Crippen LogP contribution in [0.15, 0.2) is 0 Å². The molecular formula is C11H19NO3. The fourth-order valence-corrected chi connectivity index (χ4v) is 2.38. The molecular weight excluding hydrogens is 194 g/mol. The van der Waals surface area contributed by atoms with Crippen LogP contribution < -0.4 is 0 Å². The van der Waals surface area contributed by atoms with E-state index >= 15 is 0 Å². The molecule has 2 fully saturated rings. The molecule has 2 heterocycles. The van der Waals surface area contributed by atoms with E-state index in [1.807, 2.05) is 0 Å². The molecule has 0 aromatic heterocycles. The topological polar surface area (TPSA) is 49.8 Å². The molecule has 2 rings (SSSR count). The first-order valence-electron chi connectivity index (χ1n) is 5.76. The summed E-state index contributed by atoms with van der Waals surface area (Å²) in [5.41, 5.74) is 0. The number of carboxylic acid groups (broad SMARTS) is 1. The average molecular weight is 213 g/mol. The Hall–Kier alpha value is -0.610. The van der Waals surface area contributed by atoms with E-state index in [2.05, 4.69) is 4.90 Å². The number of rotatable bonds is 4. The van der Waals surface area contributed by atoms with Gasteiger partial charge in [0.05, 0.1) is 13.2 Å². The van der Waals surface area contributed by atoms with Crippen molar-refractivity contribution in [1.29, 1.82) is 0 Å². The summed E-state index contributed by atoms with van der Waals surface area (Å²) in [7, 11) is 0. The van der Waals surface area contributed by atoms with Crippen LogP contribution in [0.5, 0.6) is 0 Å². The Morgan fingerprint density at radius 2 is 1.93 bits per heavy atom. The first-order chi connectivity index (χ1) is 7.24. The zero-order chi connectivity index (χ0) is 10.7. The molecule has 0 saturated carbocycles. The third-order valence-electron chi connectivity index (χ3n) is 3.39. The van der Waals surface area contributed by atoms with Crippen LogP contribution in [0.3, 0.4) is 0 Å². The summed E-state index contributed by atoms with van der Waals surface area (Å²) in [5.74, 6) is 0.471. The Bertz CT molecular complexity index is 220. The Morgan fingerprint density at radius 1 is 1.27 bits per heavy atom. The van der Waals surface area contributed by atoms with Gasteiger partial charge in [-0.05, 0) is 31.8 Å². The molecule has 0 radical (unpaired) electrons. The molecule has 4 heteroatoms. The maximum absolute atomic E-state index is 10.6. The van der Waals surface area contributed by atoms with Crippen LogP contribution in [-0.2, 0) is 9.53 Å². The van der Waals surface area contributed by atoms with Crippen LogP contribution in [-0.4, -0.2) is 48.8 Å². The van der Waals surface area contributed by atoms with Crippen LogP contribution in [0.2, 0.25) is 0 Å². The molecule has 1 N–H and O–H groups in total. The van der Waals surface area contributed by atoms with E-state index in [-0.39, 0.29) is 0 Å². The van der Waals surface area contributed by atoms with Gasteiger partial charge in [0, 0.05) is 18.9 Å². The van der Waals surface area contributed by atoms with E-state index in [1.54, 1.807) is 0 Å². The number of carbonyl (C=O) groups is 1. The number of nitrogens with zero attached hydrogens (tertiary/aromatic N) is 1. The maximum Gasteiger partial charge on any atom is 0.303 e. The van der Waals surface area contributed by atoms with Crippen LogP contribution in [0, 0.1) is 11.8 Å². The van der Waals surface area contributed by atoms with Crippen molar-refractivity contribution in [1.82, 2.24) is 4.90 Å². The van der Waals surface area contributed by atoms with Gasteiger partial charge >= 0.3 is 5.97 Å². The lowest BCUT2D eigenvalue weighted by Crippen LogP contribution is -2.43. The molecule has 0 atom stereocenters. The van der Waals surface area contributed by atoms with E-state index in [0.29, 0.717) is 12.3 Å². The van der Waals surface area contributed by atoms with Gasteiger partial charge < -0.3 is 14.7 Å². The number of hydrogen-bond acceptors (Lipinski definition) is 3. The molecule has 0 spiro atoms. The highest BCUT2D eigenvalue weighted by Crippen LogP contribution is 2.22. The highest BCUT2D eigenvalue weighted by Gasteiger charge is 2.25. The standard InChI is InChI=1S/C11H19NO3/c13-11(14)5-9-1-3-12(4-2-9)6-10-7-15-8-10/h9-10H,1-8H2,(H,13,14). The van der Waals surface area contributed by atoms with Gasteiger partial charge in [0.2, 0.25) is 0 Å². The van der Waals surface area contributed by atoms with Gasteiger partial charge in [-0.2, -0.15) is 0 Å². The molecule has 0 aromatic carbocycles. The second-order valence-corrected chi connectivity index (χ2v) is 4.75. The molecule has 0 unspecified atom stereocenters. The Kier molecular flexibility index (Phi) is 3.59. The van der Waals surface area contributed by atoms with Gasteiger partial charge in [0.1, 0.15) is 0 Å². The largest absolute Gasteiger partial charge is 0.481 e. The lowest BCUT2D eigenvalue weighted by atomic mass is 9.93. The van der Waals surface area contributed by atoms with Crippen molar-refractivity contribution >= 4 is 5.97 Å². The van der Waals surface area contributed by atoms with Crippen molar-refractivity contribution < 1.29 is 14.6 Å². The van der Waals surface area contributed by atoms with Gasteiger partial charge in [-0.1, -0.05) is 0 Å². The first-order valence-corrected chi connectivity index (χ1v) is 5.76. The summed E-state index contributed by atoms with van der Waals surface area (Å²) < 4.78 is 5.15. The van der Waals surface area contributed by atoms with E-state index < -0.39 is 5.97 Å². The lowest BCUT2D eigenvalue weighted by Gasteiger charge is -2.36. The number of hydrogen-bond donors (Lipinski definition) is 1. The Morgan fingerprint density at radius 3 is 2.40 bits per heavy atom. The zero-order valence-corrected chi connectivity index (χ0v) is 9.02. The summed E-state index contributed by atoms with van der Waals surface area (Å²) in [6.45, 7) is 5.09. The quantitative estimate of drug-likeness (QED) is 0.751. The first kappa shape index (κ1) is 10.9. The molecule has 0 aromatic rings. The molecule has 2 aliphatic rings. The Labute approximate surface area is 90.2 Å². The summed E-state index contributed by atoms with van der Waals surface area (Å²) >= 11 is 0. The predicted octanol–water partition coefficient (Wildman–Crippen LogP) is 0.820. The van der Waals surface area contributed by atoms with Gasteiger partial charge in [-0.25, -0.2) is 0 Å². The molecule has 0 amide bonds. The molecule has 2 saturated heterocycles. The molecule has 15 heavy (non-hydrogen) atoms. The van der Waals surface area contributed by atoms with Crippen molar-refractivity contribution in [2.75, 3.05) is 32.8 Å². The number of carboxylic acids is 1. The molecule has 2 aliphatic heterocycles. The summed E-state index contributed by atoms with van der Waals surface area (Å²) in [6.07, 6.45) is 2.43. The van der Waals surface area contributed by atoms with Crippen molar-refractivity contribution in [3.63, 3.8) is 0 Å². The molecule has 0 aliphatic carbocycles. The Balaban J connectivity index is 1.64. The predicted molar refractivity (Wildman–Crippen MR) is 55.7 cm³/mol. The van der Waals surface area contributed by atoms with Crippen LogP contribution >= 0.6 is 0 Å². The van der Waals surface area contributed by atoms with Crippen molar-refractivity contribution in [2.45, 2.75) is 19.3 Å². The lowest BCUT2D eigenvalue weighted by molar-refractivity contribution is -0.138. The van der Waals surface area contributed by atoms with Crippen molar-refractivity contribution in [3.8, 4) is 0 Å². The van der Waals surface area contributed by atoms with Crippen LogP contribution in [0.25, 0.3) is 0 Å². The van der Waals surface area contributed by atoms with Crippen molar-refractivity contribution in [2.24, 2.45) is 11.8 Å². The van der Waals surface area contributed by atoms with Gasteiger partial charge in [-0.15, -0.1) is 0 Å². The van der Waals surface area contributed by atoms with E-state index in [1.165, 1.54) is 0 Å². The minimum Gasteiger partial charge on any atom is -0.481 e. The third-order valence-corrected chi connectivity index (χ3v) is 3.39. The number of aliphatic carboxylic acids is 1. The zero-order valence-electron chi connectivity index (χ0n) is 9.02. The van der Waals surface area contributed by atoms with Crippen LogP contribution in [0.4, 0.5) is 0 Å². The second kappa shape index (κ2) is 4.94. The highest BCUT2D eigenvalue weighted by atomic mass is 16.5. The fraction of sp³-hybridized carbons (Fsp3) is 0.909. The van der Waals surface area contributed by atoms with Gasteiger partial charge in [0.15, 0.2) is 0 Å². The number of piperidine rings is 1. The maximum atomic E-state index is 10.6. The normalized spacial score (nSPS) is 25.1. The number of ether oxygens (including phenoxy) is 1. The molecule has 4 nitrogen and oxygen atoms in total. The molecule has 86 valence electrons. The second-order valence-electron chi connectivity index (χ2n) is 4.75. The molecule has 0 bridgehead atoms. The summed E-state index contributed by atoms with van der Waals surface area (Å²) in [6, 6.07) is 0. The van der Waals surface area contributed by atoms with E-state index in [9.17, 15) is 4.79 Å². The van der Waals surface area contributed by atoms with E-state index in [0.717, 1.165) is 51.6 Å². The highest BCUT2D eigenvalue weighted by molar-refractivity contribution is 5.67. The monoisotopic (exact) mass is 213 g/mol. The minimum atomic E-state index is -0.652.